The van der Waals surface area contributed by atoms with Crippen molar-refractivity contribution in [1.29, 1.82) is 0 Å². The van der Waals surface area contributed by atoms with Crippen LogP contribution in [0.2, 0.25) is 0 Å². The Morgan fingerprint density at radius 1 is 1.50 bits per heavy atom. The van der Waals surface area contributed by atoms with E-state index < -0.39 is 6.23 Å². The number of aliphatic hydroxyl groups excluding tert-OH is 1. The highest BCUT2D eigenvalue weighted by molar-refractivity contribution is 4.71. The van der Waals surface area contributed by atoms with Crippen molar-refractivity contribution in [2.45, 2.75) is 39.0 Å². The van der Waals surface area contributed by atoms with Crippen LogP contribution in [0.5, 0.6) is 0 Å². The fourth-order valence-corrected chi connectivity index (χ4v) is 0.730. The fourth-order valence-electron chi connectivity index (χ4n) is 0.730. The molecule has 0 bridgehead atoms. The third-order valence-corrected chi connectivity index (χ3v) is 1.04. The first-order chi connectivity index (χ1) is 4.45. The number of aliphatic hydroxyl groups is 1. The smallest absolute Gasteiger partial charge is 0.106 e. The van der Waals surface area contributed by atoms with E-state index in [2.05, 4.69) is 5.32 Å². The Morgan fingerprint density at radius 3 is 2.30 bits per heavy atom. The van der Waals surface area contributed by atoms with Gasteiger partial charge in [-0.3, -0.25) is 5.32 Å². The van der Waals surface area contributed by atoms with Crippen LogP contribution in [-0.2, 0) is 0 Å². The average molecular weight is 146 g/mol. The molecule has 0 saturated carbocycles. The van der Waals surface area contributed by atoms with Gasteiger partial charge < -0.3 is 10.8 Å². The van der Waals surface area contributed by atoms with E-state index in [1.807, 2.05) is 20.8 Å². The van der Waals surface area contributed by atoms with E-state index in [-0.39, 0.29) is 5.54 Å². The Hall–Kier alpha value is -0.120. The van der Waals surface area contributed by atoms with Crippen LogP contribution in [-0.4, -0.2) is 23.4 Å². The van der Waals surface area contributed by atoms with Crippen molar-refractivity contribution in [3.63, 3.8) is 0 Å². The van der Waals surface area contributed by atoms with Gasteiger partial charge in [-0.05, 0) is 33.7 Å². The molecule has 0 fully saturated rings. The lowest BCUT2D eigenvalue weighted by molar-refractivity contribution is 0.100. The highest BCUT2D eigenvalue weighted by Crippen LogP contribution is 2.00. The minimum atomic E-state index is -0.468. The Kier molecular flexibility index (Phi) is 3.86. The van der Waals surface area contributed by atoms with Crippen LogP contribution in [0.3, 0.4) is 0 Å². The topological polar surface area (TPSA) is 58.3 Å². The van der Waals surface area contributed by atoms with Crippen LogP contribution in [0.25, 0.3) is 0 Å². The quantitative estimate of drug-likeness (QED) is 0.493. The number of nitrogens with one attached hydrogen (secondary N) is 1. The minimum Gasteiger partial charge on any atom is -0.379 e. The van der Waals surface area contributed by atoms with Crippen LogP contribution in [0.4, 0.5) is 0 Å². The van der Waals surface area contributed by atoms with Gasteiger partial charge in [0.15, 0.2) is 0 Å². The molecule has 10 heavy (non-hydrogen) atoms. The molecule has 62 valence electrons. The van der Waals surface area contributed by atoms with Gasteiger partial charge in [-0.1, -0.05) is 0 Å². The van der Waals surface area contributed by atoms with Crippen molar-refractivity contribution in [3.8, 4) is 0 Å². The summed E-state index contributed by atoms with van der Waals surface area (Å²) in [6, 6.07) is 0. The molecule has 0 radical (unpaired) electrons. The van der Waals surface area contributed by atoms with E-state index in [0.717, 1.165) is 0 Å². The van der Waals surface area contributed by atoms with Gasteiger partial charge in [-0.25, -0.2) is 0 Å². The predicted molar refractivity (Wildman–Crippen MR) is 42.6 cm³/mol. The summed E-state index contributed by atoms with van der Waals surface area (Å²) in [6.07, 6.45) is 0.141. The molecule has 0 aliphatic rings. The van der Waals surface area contributed by atoms with Crippen molar-refractivity contribution in [2.24, 2.45) is 5.73 Å². The monoisotopic (exact) mass is 146 g/mol. The van der Waals surface area contributed by atoms with Gasteiger partial charge in [-0.2, -0.15) is 0 Å². The second kappa shape index (κ2) is 3.91. The largest absolute Gasteiger partial charge is 0.379 e. The summed E-state index contributed by atoms with van der Waals surface area (Å²) < 4.78 is 0. The molecule has 1 atom stereocenters. The third-order valence-electron chi connectivity index (χ3n) is 1.04. The molecular formula is C7H18N2O. The van der Waals surface area contributed by atoms with E-state index in [9.17, 15) is 5.11 Å². The molecule has 0 aromatic carbocycles. The summed E-state index contributed by atoms with van der Waals surface area (Å²) in [7, 11) is 0. The van der Waals surface area contributed by atoms with Crippen molar-refractivity contribution >= 4 is 0 Å². The van der Waals surface area contributed by atoms with Gasteiger partial charge in [-0.15, -0.1) is 0 Å². The van der Waals surface area contributed by atoms with Gasteiger partial charge >= 0.3 is 0 Å². The number of rotatable bonds is 3. The van der Waals surface area contributed by atoms with E-state index in [1.54, 1.807) is 0 Å². The minimum absolute atomic E-state index is 0.0331. The highest BCUT2D eigenvalue weighted by atomic mass is 16.3. The molecule has 4 N–H and O–H groups in total. The van der Waals surface area contributed by atoms with Crippen molar-refractivity contribution in [1.82, 2.24) is 5.32 Å². The van der Waals surface area contributed by atoms with Crippen LogP contribution in [0.15, 0.2) is 0 Å². The molecule has 0 aliphatic carbocycles. The zero-order valence-electron chi connectivity index (χ0n) is 7.02. The molecule has 0 aromatic heterocycles. The molecule has 3 nitrogen and oxygen atoms in total. The van der Waals surface area contributed by atoms with Gasteiger partial charge in [0.05, 0.1) is 0 Å². The molecule has 0 spiro atoms. The lowest BCUT2D eigenvalue weighted by Gasteiger charge is -2.24. The summed E-state index contributed by atoms with van der Waals surface area (Å²) in [5, 5.41) is 12.2. The summed E-state index contributed by atoms with van der Waals surface area (Å²) in [6.45, 7) is 6.54. The second-order valence-electron chi connectivity index (χ2n) is 3.49. The zero-order valence-corrected chi connectivity index (χ0v) is 7.02. The summed E-state index contributed by atoms with van der Waals surface area (Å²) in [5.74, 6) is 0. The van der Waals surface area contributed by atoms with Crippen LogP contribution in [0.1, 0.15) is 27.2 Å². The van der Waals surface area contributed by atoms with Crippen molar-refractivity contribution in [3.05, 3.63) is 0 Å². The predicted octanol–water partition coefficient (Wildman–Crippen LogP) is 0.0417. The highest BCUT2D eigenvalue weighted by Gasteiger charge is 2.13. The Labute approximate surface area is 62.6 Å². The molecule has 0 heterocycles. The number of hydrogen-bond acceptors (Lipinski definition) is 3. The maximum atomic E-state index is 9.19. The van der Waals surface area contributed by atoms with Crippen LogP contribution >= 0.6 is 0 Å². The van der Waals surface area contributed by atoms with Gasteiger partial charge in [0.25, 0.3) is 0 Å². The lowest BCUT2D eigenvalue weighted by atomic mass is 10.1. The molecule has 0 aromatic rings. The van der Waals surface area contributed by atoms with E-state index in [4.69, 9.17) is 5.73 Å². The van der Waals surface area contributed by atoms with Gasteiger partial charge in [0, 0.05) is 5.54 Å². The van der Waals surface area contributed by atoms with E-state index in [0.29, 0.717) is 13.0 Å². The first kappa shape index (κ1) is 9.88. The number of hydrogen-bond donors (Lipinski definition) is 3. The average Bonchev–Trinajstić information content (AvgIpc) is 1.59. The summed E-state index contributed by atoms with van der Waals surface area (Å²) >= 11 is 0. The molecule has 0 rings (SSSR count). The third kappa shape index (κ3) is 6.01. The zero-order chi connectivity index (χ0) is 8.20. The molecule has 0 saturated heterocycles. The second-order valence-corrected chi connectivity index (χ2v) is 3.49. The maximum Gasteiger partial charge on any atom is 0.106 e. The Bertz CT molecular complexity index is 88.1. The summed E-state index contributed by atoms with van der Waals surface area (Å²) in [4.78, 5) is 0. The molecule has 1 unspecified atom stereocenters. The first-order valence-corrected chi connectivity index (χ1v) is 3.61. The standard InChI is InChI=1S/C7H18N2O/c1-7(2,3)9-6(10)4-5-8/h6,9-10H,4-5,8H2,1-3H3. The van der Waals surface area contributed by atoms with Gasteiger partial charge in [0.2, 0.25) is 0 Å². The Morgan fingerprint density at radius 2 is 2.00 bits per heavy atom. The van der Waals surface area contributed by atoms with E-state index >= 15 is 0 Å². The number of nitrogens with two attached hydrogens (primary N) is 1. The van der Waals surface area contributed by atoms with Gasteiger partial charge in [0.1, 0.15) is 6.23 Å². The van der Waals surface area contributed by atoms with Crippen LogP contribution in [0, 0.1) is 0 Å². The Balaban J connectivity index is 3.47. The fraction of sp³-hybridized carbons (Fsp3) is 1.00. The van der Waals surface area contributed by atoms with E-state index in [1.165, 1.54) is 0 Å². The summed E-state index contributed by atoms with van der Waals surface area (Å²) in [5.41, 5.74) is 5.22. The van der Waals surface area contributed by atoms with Crippen molar-refractivity contribution in [2.75, 3.05) is 6.54 Å². The normalized spacial score (nSPS) is 15.3. The molecular weight excluding hydrogens is 128 g/mol. The van der Waals surface area contributed by atoms with Crippen LogP contribution < -0.4 is 11.1 Å². The molecule has 0 aliphatic heterocycles. The maximum absolute atomic E-state index is 9.19. The lowest BCUT2D eigenvalue weighted by Crippen LogP contribution is -2.44. The molecule has 0 amide bonds. The first-order valence-electron chi connectivity index (χ1n) is 3.61. The van der Waals surface area contributed by atoms with Crippen molar-refractivity contribution < 1.29 is 5.11 Å². The molecule has 3 heteroatoms. The SMILES string of the molecule is CC(C)(C)NC(O)CCN.